The molecular weight excluding hydrogens is 456 g/mol. The number of aryl methyl sites for hydroxylation is 2. The molecule has 0 bridgehead atoms. The number of carbonyl (C=O) groups excluding carboxylic acids is 1. The van der Waals surface area contributed by atoms with Crippen LogP contribution in [0.2, 0.25) is 0 Å². The van der Waals surface area contributed by atoms with Gasteiger partial charge in [0.2, 0.25) is 5.82 Å². The third kappa shape index (κ3) is 5.25. The van der Waals surface area contributed by atoms with Crippen LogP contribution in [0.15, 0.2) is 53.3 Å². The van der Waals surface area contributed by atoms with Crippen molar-refractivity contribution in [2.24, 2.45) is 0 Å². The van der Waals surface area contributed by atoms with Crippen LogP contribution in [0.3, 0.4) is 0 Å². The predicted octanol–water partition coefficient (Wildman–Crippen LogP) is 4.22. The topological polar surface area (TPSA) is 116 Å². The van der Waals surface area contributed by atoms with Gasteiger partial charge in [-0.3, -0.25) is 9.36 Å². The van der Waals surface area contributed by atoms with Gasteiger partial charge in [0.25, 0.3) is 5.56 Å². The maximum Gasteiger partial charge on any atom is 0.345 e. The largest absolute Gasteiger partial charge is 0.462 e. The molecule has 36 heavy (non-hydrogen) atoms. The number of rotatable bonds is 10. The average molecular weight is 487 g/mol. The smallest absolute Gasteiger partial charge is 0.345 e. The number of hydrogen-bond acceptors (Lipinski definition) is 7. The number of ether oxygens (including phenoxy) is 1. The first-order chi connectivity index (χ1) is 17.6. The van der Waals surface area contributed by atoms with E-state index in [1.807, 2.05) is 55.5 Å². The molecular formula is C27H30N6O3. The van der Waals surface area contributed by atoms with E-state index in [-0.39, 0.29) is 17.7 Å². The summed E-state index contributed by atoms with van der Waals surface area (Å²) < 4.78 is 6.79. The number of carbonyl (C=O) groups is 1. The molecule has 0 aliphatic rings. The molecule has 186 valence electrons. The molecule has 2 aromatic heterocycles. The summed E-state index contributed by atoms with van der Waals surface area (Å²) in [5.41, 5.74) is 3.94. The number of aromatic amines is 1. The number of H-pyrrole nitrogens is 1. The van der Waals surface area contributed by atoms with E-state index in [4.69, 9.17) is 9.72 Å². The third-order valence-electron chi connectivity index (χ3n) is 6.01. The standard InChI is InChI=1S/C27H30N6O3/c1-4-7-12-23-28-22(5-2)24(27(35)36-6-3)26(34)33(23)17-18-13-15-19(16-14-18)20-10-8-9-11-21(20)25-29-31-32-30-25/h8-11,13-16H,4-7,12,17H2,1-3H3,(H,29,30,31,32). The van der Waals surface area contributed by atoms with Crippen molar-refractivity contribution in [1.29, 1.82) is 0 Å². The minimum atomic E-state index is -0.615. The van der Waals surface area contributed by atoms with Crippen molar-refractivity contribution in [3.05, 3.63) is 81.5 Å². The highest BCUT2D eigenvalue weighted by Crippen LogP contribution is 2.29. The average Bonchev–Trinajstić information content (AvgIpc) is 3.44. The Hall–Kier alpha value is -4.14. The molecule has 0 spiro atoms. The fourth-order valence-corrected chi connectivity index (χ4v) is 4.18. The highest BCUT2D eigenvalue weighted by atomic mass is 16.5. The second-order valence-corrected chi connectivity index (χ2v) is 8.40. The number of esters is 1. The summed E-state index contributed by atoms with van der Waals surface area (Å²) in [6, 6.07) is 15.8. The number of nitrogens with one attached hydrogen (secondary N) is 1. The van der Waals surface area contributed by atoms with Gasteiger partial charge in [-0.1, -0.05) is 68.8 Å². The van der Waals surface area contributed by atoms with Gasteiger partial charge in [-0.15, -0.1) is 10.2 Å². The lowest BCUT2D eigenvalue weighted by molar-refractivity contribution is 0.0521. The molecule has 0 saturated heterocycles. The van der Waals surface area contributed by atoms with Gasteiger partial charge in [0, 0.05) is 12.0 Å². The molecule has 9 heteroatoms. The summed E-state index contributed by atoms with van der Waals surface area (Å²) in [5.74, 6) is 0.602. The summed E-state index contributed by atoms with van der Waals surface area (Å²) >= 11 is 0. The molecule has 4 rings (SSSR count). The Labute approximate surface area is 209 Å². The van der Waals surface area contributed by atoms with Gasteiger partial charge in [-0.25, -0.2) is 9.78 Å². The number of hydrogen-bond donors (Lipinski definition) is 1. The van der Waals surface area contributed by atoms with Gasteiger partial charge in [0.1, 0.15) is 11.4 Å². The maximum absolute atomic E-state index is 13.5. The van der Waals surface area contributed by atoms with E-state index < -0.39 is 5.97 Å². The fourth-order valence-electron chi connectivity index (χ4n) is 4.18. The molecule has 0 aliphatic heterocycles. The monoisotopic (exact) mass is 486 g/mol. The van der Waals surface area contributed by atoms with Crippen LogP contribution >= 0.6 is 0 Å². The zero-order valence-corrected chi connectivity index (χ0v) is 20.8. The number of aromatic nitrogens is 6. The molecule has 0 atom stereocenters. The summed E-state index contributed by atoms with van der Waals surface area (Å²) in [7, 11) is 0. The van der Waals surface area contributed by atoms with Gasteiger partial charge < -0.3 is 4.74 Å². The van der Waals surface area contributed by atoms with Gasteiger partial charge >= 0.3 is 5.97 Å². The normalized spacial score (nSPS) is 11.0. The van der Waals surface area contributed by atoms with Crippen LogP contribution in [0.1, 0.15) is 61.1 Å². The van der Waals surface area contributed by atoms with E-state index in [2.05, 4.69) is 27.5 Å². The number of unbranched alkanes of at least 4 members (excludes halogenated alkanes) is 1. The number of tetrazole rings is 1. The molecule has 0 amide bonds. The summed E-state index contributed by atoms with van der Waals surface area (Å²) in [6.45, 7) is 6.23. The third-order valence-corrected chi connectivity index (χ3v) is 6.01. The summed E-state index contributed by atoms with van der Waals surface area (Å²) in [6.07, 6.45) is 3.03. The number of benzene rings is 2. The van der Waals surface area contributed by atoms with Crippen molar-refractivity contribution in [2.75, 3.05) is 6.61 Å². The summed E-state index contributed by atoms with van der Waals surface area (Å²) in [5, 5.41) is 14.4. The zero-order valence-electron chi connectivity index (χ0n) is 20.8. The molecule has 0 fully saturated rings. The first-order valence-corrected chi connectivity index (χ1v) is 12.3. The van der Waals surface area contributed by atoms with Crippen molar-refractivity contribution >= 4 is 5.97 Å². The van der Waals surface area contributed by atoms with E-state index in [9.17, 15) is 9.59 Å². The van der Waals surface area contributed by atoms with Gasteiger partial charge in [0.05, 0.1) is 18.8 Å². The van der Waals surface area contributed by atoms with Crippen molar-refractivity contribution in [1.82, 2.24) is 30.2 Å². The van der Waals surface area contributed by atoms with Crippen molar-refractivity contribution < 1.29 is 9.53 Å². The van der Waals surface area contributed by atoms with Crippen LogP contribution in [0.25, 0.3) is 22.5 Å². The molecule has 0 saturated carbocycles. The molecule has 9 nitrogen and oxygen atoms in total. The first-order valence-electron chi connectivity index (χ1n) is 12.3. The summed E-state index contributed by atoms with van der Waals surface area (Å²) in [4.78, 5) is 30.9. The SMILES string of the molecule is CCCCc1nc(CC)c(C(=O)OCC)c(=O)n1Cc1ccc(-c2ccccc2-c2nn[nH]n2)cc1. The quantitative estimate of drug-likeness (QED) is 0.334. The maximum atomic E-state index is 13.5. The molecule has 1 N–H and O–H groups in total. The molecule has 2 aromatic carbocycles. The Bertz CT molecular complexity index is 1380. The van der Waals surface area contributed by atoms with E-state index in [1.165, 1.54) is 0 Å². The van der Waals surface area contributed by atoms with Crippen LogP contribution in [0.4, 0.5) is 0 Å². The molecule has 0 unspecified atom stereocenters. The Morgan fingerprint density at radius 2 is 1.78 bits per heavy atom. The van der Waals surface area contributed by atoms with E-state index in [0.29, 0.717) is 36.7 Å². The van der Waals surface area contributed by atoms with Crippen molar-refractivity contribution in [3.63, 3.8) is 0 Å². The molecule has 4 aromatic rings. The van der Waals surface area contributed by atoms with Crippen molar-refractivity contribution in [3.8, 4) is 22.5 Å². The van der Waals surface area contributed by atoms with Crippen LogP contribution < -0.4 is 5.56 Å². The van der Waals surface area contributed by atoms with Crippen LogP contribution in [-0.2, 0) is 24.1 Å². The van der Waals surface area contributed by atoms with Gasteiger partial charge in [-0.05, 0) is 41.7 Å². The highest BCUT2D eigenvalue weighted by Gasteiger charge is 2.22. The second kappa shape index (κ2) is 11.5. The van der Waals surface area contributed by atoms with Crippen LogP contribution in [-0.4, -0.2) is 42.8 Å². The second-order valence-electron chi connectivity index (χ2n) is 8.40. The van der Waals surface area contributed by atoms with Gasteiger partial charge in [-0.2, -0.15) is 5.21 Å². The minimum Gasteiger partial charge on any atom is -0.462 e. The Morgan fingerprint density at radius 1 is 1.03 bits per heavy atom. The van der Waals surface area contributed by atoms with E-state index in [1.54, 1.807) is 11.5 Å². The Kier molecular flexibility index (Phi) is 7.99. The Balaban J connectivity index is 1.71. The predicted molar refractivity (Wildman–Crippen MR) is 137 cm³/mol. The van der Waals surface area contributed by atoms with E-state index >= 15 is 0 Å². The first kappa shape index (κ1) is 25.0. The lowest BCUT2D eigenvalue weighted by Gasteiger charge is -2.16. The minimum absolute atomic E-state index is 0.0326. The lowest BCUT2D eigenvalue weighted by atomic mass is 9.98. The molecule has 0 radical (unpaired) electrons. The number of nitrogens with zero attached hydrogens (tertiary/aromatic N) is 5. The van der Waals surface area contributed by atoms with Crippen LogP contribution in [0.5, 0.6) is 0 Å². The van der Waals surface area contributed by atoms with E-state index in [0.717, 1.165) is 35.1 Å². The Morgan fingerprint density at radius 3 is 2.42 bits per heavy atom. The van der Waals surface area contributed by atoms with Crippen molar-refractivity contribution in [2.45, 2.75) is 53.0 Å². The molecule has 2 heterocycles. The van der Waals surface area contributed by atoms with Crippen LogP contribution in [0, 0.1) is 0 Å². The lowest BCUT2D eigenvalue weighted by Crippen LogP contribution is -2.33. The highest BCUT2D eigenvalue weighted by molar-refractivity contribution is 5.90. The fraction of sp³-hybridized carbons (Fsp3) is 0.333. The zero-order chi connectivity index (χ0) is 25.5. The van der Waals surface area contributed by atoms with Gasteiger partial charge in [0.15, 0.2) is 0 Å². The molecule has 0 aliphatic carbocycles.